The zero-order valence-electron chi connectivity index (χ0n) is 11.7. The molecule has 0 bridgehead atoms. The third-order valence-corrected chi connectivity index (χ3v) is 3.26. The summed E-state index contributed by atoms with van der Waals surface area (Å²) in [5.74, 6) is 0.541. The first-order chi connectivity index (χ1) is 9.45. The highest BCUT2D eigenvalue weighted by atomic mass is 35.5. The highest BCUT2D eigenvalue weighted by Crippen LogP contribution is 2.20. The zero-order chi connectivity index (χ0) is 14.7. The van der Waals surface area contributed by atoms with E-state index >= 15 is 0 Å². The van der Waals surface area contributed by atoms with Crippen LogP contribution in [0.5, 0.6) is 0 Å². The van der Waals surface area contributed by atoms with Gasteiger partial charge < -0.3 is 5.73 Å². The highest BCUT2D eigenvalue weighted by molar-refractivity contribution is 6.31. The molecule has 0 atom stereocenters. The van der Waals surface area contributed by atoms with Gasteiger partial charge in [0.1, 0.15) is 0 Å². The number of benzene rings is 2. The minimum atomic E-state index is -0.0599. The topological polar surface area (TPSA) is 43.1 Å². The molecule has 0 saturated heterocycles. The summed E-state index contributed by atoms with van der Waals surface area (Å²) in [4.78, 5) is 12.4. The van der Waals surface area contributed by atoms with E-state index in [1.54, 1.807) is 18.2 Å². The Kier molecular flexibility index (Phi) is 4.46. The Labute approximate surface area is 124 Å². The lowest BCUT2D eigenvalue weighted by atomic mass is 9.98. The molecule has 0 radical (unpaired) electrons. The van der Waals surface area contributed by atoms with E-state index in [0.717, 1.165) is 6.42 Å². The van der Waals surface area contributed by atoms with E-state index in [2.05, 4.69) is 13.8 Å². The molecule has 0 heterocycles. The number of rotatable bonds is 4. The van der Waals surface area contributed by atoms with Crippen LogP contribution in [0.25, 0.3) is 0 Å². The number of anilines is 1. The largest absolute Gasteiger partial charge is 0.399 e. The normalized spacial score (nSPS) is 10.8. The van der Waals surface area contributed by atoms with Crippen molar-refractivity contribution in [1.29, 1.82) is 0 Å². The number of nitrogens with two attached hydrogens (primary N) is 1. The molecular formula is C17H18ClNO. The summed E-state index contributed by atoms with van der Waals surface area (Å²) in [5.41, 5.74) is 8.63. The molecule has 0 aromatic heterocycles. The van der Waals surface area contributed by atoms with E-state index in [4.69, 9.17) is 17.3 Å². The van der Waals surface area contributed by atoms with Crippen molar-refractivity contribution < 1.29 is 4.79 Å². The van der Waals surface area contributed by atoms with Gasteiger partial charge in [0, 0.05) is 21.8 Å². The predicted octanol–water partition coefficient (Wildman–Crippen LogP) is 4.35. The minimum Gasteiger partial charge on any atom is -0.399 e. The molecule has 2 aromatic rings. The number of hydrogen-bond acceptors (Lipinski definition) is 2. The summed E-state index contributed by atoms with van der Waals surface area (Å²) in [5, 5.41) is 0.477. The van der Waals surface area contributed by atoms with Crippen LogP contribution in [0.2, 0.25) is 5.02 Å². The lowest BCUT2D eigenvalue weighted by Gasteiger charge is -2.07. The van der Waals surface area contributed by atoms with Gasteiger partial charge in [-0.05, 0) is 36.1 Å². The van der Waals surface area contributed by atoms with E-state index in [1.807, 2.05) is 24.3 Å². The van der Waals surface area contributed by atoms with Gasteiger partial charge in [-0.1, -0.05) is 49.7 Å². The average molecular weight is 288 g/mol. The number of carbonyl (C=O) groups is 1. The van der Waals surface area contributed by atoms with Crippen molar-refractivity contribution in [2.24, 2.45) is 5.92 Å². The first kappa shape index (κ1) is 14.6. The van der Waals surface area contributed by atoms with Crippen molar-refractivity contribution in [3.8, 4) is 0 Å². The van der Waals surface area contributed by atoms with Crippen molar-refractivity contribution in [2.45, 2.75) is 20.3 Å². The fourth-order valence-corrected chi connectivity index (χ4v) is 2.42. The molecule has 0 unspecified atom stereocenters. The third kappa shape index (κ3) is 3.61. The van der Waals surface area contributed by atoms with Gasteiger partial charge in [0.2, 0.25) is 0 Å². The summed E-state index contributed by atoms with van der Waals surface area (Å²) < 4.78 is 0. The maximum atomic E-state index is 12.4. The van der Waals surface area contributed by atoms with E-state index in [0.29, 0.717) is 27.8 Å². The van der Waals surface area contributed by atoms with Gasteiger partial charge in [-0.2, -0.15) is 0 Å². The van der Waals surface area contributed by atoms with Crippen molar-refractivity contribution in [3.63, 3.8) is 0 Å². The first-order valence-corrected chi connectivity index (χ1v) is 7.03. The van der Waals surface area contributed by atoms with Crippen LogP contribution in [0.4, 0.5) is 5.69 Å². The standard InChI is InChI=1S/C17H18ClNO/c1-11(2)7-12-3-5-13(6-4-12)17(20)14-8-15(18)10-16(19)9-14/h3-6,8-11H,7,19H2,1-2H3. The van der Waals surface area contributed by atoms with Crippen LogP contribution in [0.15, 0.2) is 42.5 Å². The second-order valence-corrected chi connectivity index (χ2v) is 5.83. The Morgan fingerprint density at radius 3 is 2.30 bits per heavy atom. The number of hydrogen-bond donors (Lipinski definition) is 1. The maximum Gasteiger partial charge on any atom is 0.193 e. The van der Waals surface area contributed by atoms with Gasteiger partial charge >= 0.3 is 0 Å². The number of nitrogen functional groups attached to an aromatic ring is 1. The lowest BCUT2D eigenvalue weighted by Crippen LogP contribution is -2.03. The number of ketones is 1. The quantitative estimate of drug-likeness (QED) is 0.671. The Balaban J connectivity index is 2.24. The zero-order valence-corrected chi connectivity index (χ0v) is 12.4. The number of carbonyl (C=O) groups excluding carboxylic acids is 1. The van der Waals surface area contributed by atoms with Gasteiger partial charge in [0.15, 0.2) is 5.78 Å². The third-order valence-electron chi connectivity index (χ3n) is 3.04. The van der Waals surface area contributed by atoms with Crippen LogP contribution < -0.4 is 5.73 Å². The minimum absolute atomic E-state index is 0.0599. The summed E-state index contributed by atoms with van der Waals surface area (Å²) >= 11 is 5.93. The molecule has 2 N–H and O–H groups in total. The van der Waals surface area contributed by atoms with Crippen LogP contribution in [0.3, 0.4) is 0 Å². The van der Waals surface area contributed by atoms with Gasteiger partial charge in [-0.3, -0.25) is 4.79 Å². The monoisotopic (exact) mass is 287 g/mol. The summed E-state index contributed by atoms with van der Waals surface area (Å²) in [6.45, 7) is 4.35. The Bertz CT molecular complexity index is 597. The second kappa shape index (κ2) is 6.10. The molecule has 0 fully saturated rings. The SMILES string of the molecule is CC(C)Cc1ccc(C(=O)c2cc(N)cc(Cl)c2)cc1. The molecule has 0 aliphatic heterocycles. The van der Waals surface area contributed by atoms with Crippen LogP contribution in [0.1, 0.15) is 35.3 Å². The molecule has 0 amide bonds. The van der Waals surface area contributed by atoms with E-state index in [9.17, 15) is 4.79 Å². The van der Waals surface area contributed by atoms with E-state index in [1.165, 1.54) is 5.56 Å². The Morgan fingerprint density at radius 1 is 1.10 bits per heavy atom. The number of halogens is 1. The van der Waals surface area contributed by atoms with E-state index < -0.39 is 0 Å². The lowest BCUT2D eigenvalue weighted by molar-refractivity contribution is 0.103. The van der Waals surface area contributed by atoms with Gasteiger partial charge in [-0.25, -0.2) is 0 Å². The first-order valence-electron chi connectivity index (χ1n) is 6.65. The molecular weight excluding hydrogens is 270 g/mol. The average Bonchev–Trinajstić information content (AvgIpc) is 2.37. The Hall–Kier alpha value is -1.80. The van der Waals surface area contributed by atoms with E-state index in [-0.39, 0.29) is 5.78 Å². The van der Waals surface area contributed by atoms with Crippen LogP contribution in [-0.4, -0.2) is 5.78 Å². The van der Waals surface area contributed by atoms with Gasteiger partial charge in [0.25, 0.3) is 0 Å². The fraction of sp³-hybridized carbons (Fsp3) is 0.235. The molecule has 0 aliphatic rings. The summed E-state index contributed by atoms with van der Waals surface area (Å²) in [7, 11) is 0. The second-order valence-electron chi connectivity index (χ2n) is 5.40. The van der Waals surface area contributed by atoms with Crippen molar-refractivity contribution in [1.82, 2.24) is 0 Å². The Morgan fingerprint density at radius 2 is 1.75 bits per heavy atom. The molecule has 0 saturated carbocycles. The molecule has 0 spiro atoms. The van der Waals surface area contributed by atoms with Gasteiger partial charge in [0.05, 0.1) is 0 Å². The molecule has 104 valence electrons. The summed E-state index contributed by atoms with van der Waals surface area (Å²) in [6, 6.07) is 12.6. The van der Waals surface area contributed by atoms with Crippen LogP contribution >= 0.6 is 11.6 Å². The van der Waals surface area contributed by atoms with Crippen LogP contribution in [0, 0.1) is 5.92 Å². The van der Waals surface area contributed by atoms with Crippen molar-refractivity contribution in [3.05, 3.63) is 64.2 Å². The van der Waals surface area contributed by atoms with Crippen molar-refractivity contribution >= 4 is 23.1 Å². The molecule has 2 rings (SSSR count). The van der Waals surface area contributed by atoms with Crippen LogP contribution in [-0.2, 0) is 6.42 Å². The maximum absolute atomic E-state index is 12.4. The molecule has 2 aromatic carbocycles. The van der Waals surface area contributed by atoms with Crippen molar-refractivity contribution in [2.75, 3.05) is 5.73 Å². The molecule has 2 nitrogen and oxygen atoms in total. The highest BCUT2D eigenvalue weighted by Gasteiger charge is 2.10. The predicted molar refractivity (Wildman–Crippen MR) is 84.3 cm³/mol. The molecule has 20 heavy (non-hydrogen) atoms. The fourth-order valence-electron chi connectivity index (χ4n) is 2.17. The molecule has 0 aliphatic carbocycles. The molecule has 3 heteroatoms. The summed E-state index contributed by atoms with van der Waals surface area (Å²) in [6.07, 6.45) is 1.01. The smallest absolute Gasteiger partial charge is 0.193 e. The van der Waals surface area contributed by atoms with Gasteiger partial charge in [-0.15, -0.1) is 0 Å².